The van der Waals surface area contributed by atoms with Gasteiger partial charge >= 0.3 is 5.97 Å². The molecule has 0 radical (unpaired) electrons. The maximum absolute atomic E-state index is 11.3. The van der Waals surface area contributed by atoms with Crippen molar-refractivity contribution in [2.45, 2.75) is 24.9 Å². The van der Waals surface area contributed by atoms with Crippen LogP contribution in [-0.2, 0) is 27.5 Å². The van der Waals surface area contributed by atoms with E-state index in [1.54, 1.807) is 18.7 Å². The Balaban J connectivity index is 1.77. The first-order chi connectivity index (χ1) is 10.2. The van der Waals surface area contributed by atoms with Crippen LogP contribution in [0, 0.1) is 0 Å². The number of carbonyl (C=O) groups excluding carboxylic acids is 1. The van der Waals surface area contributed by atoms with Gasteiger partial charge in [0.25, 0.3) is 0 Å². The summed E-state index contributed by atoms with van der Waals surface area (Å²) in [6, 6.07) is 7.69. The van der Waals surface area contributed by atoms with Crippen molar-refractivity contribution in [2.75, 3.05) is 6.61 Å². The van der Waals surface area contributed by atoms with E-state index < -0.39 is 0 Å². The van der Waals surface area contributed by atoms with E-state index in [1.165, 1.54) is 5.56 Å². The van der Waals surface area contributed by atoms with E-state index in [2.05, 4.69) is 10.2 Å². The van der Waals surface area contributed by atoms with Crippen LogP contribution >= 0.6 is 23.4 Å². The van der Waals surface area contributed by atoms with Crippen LogP contribution in [0.5, 0.6) is 0 Å². The molecule has 0 spiro atoms. The normalized spacial score (nSPS) is 10.6. The summed E-state index contributed by atoms with van der Waals surface area (Å²) in [5, 5.41) is 8.46. The summed E-state index contributed by atoms with van der Waals surface area (Å²) in [4.78, 5) is 11.3. The number of benzene rings is 1. The smallest absolute Gasteiger partial charge is 0.315 e. The molecule has 0 saturated heterocycles. The second-order valence-corrected chi connectivity index (χ2v) is 5.61. The number of thioether (sulfide) groups is 1. The van der Waals surface area contributed by atoms with Gasteiger partial charge < -0.3 is 9.15 Å². The second-order valence-electron chi connectivity index (χ2n) is 4.19. The molecule has 0 fully saturated rings. The van der Waals surface area contributed by atoms with Crippen molar-refractivity contribution in [2.24, 2.45) is 0 Å². The maximum Gasteiger partial charge on any atom is 0.315 e. The quantitative estimate of drug-likeness (QED) is 0.728. The zero-order valence-electron chi connectivity index (χ0n) is 11.5. The molecule has 0 saturated carbocycles. The minimum Gasteiger partial charge on any atom is -0.466 e. The minimum absolute atomic E-state index is 0.0166. The SMILES string of the molecule is CCOC(=O)Cc1nnc(CSCc2ccc(Cl)cc2)o1. The Bertz CT molecular complexity index is 586. The van der Waals surface area contributed by atoms with Crippen LogP contribution in [0.3, 0.4) is 0 Å². The lowest BCUT2D eigenvalue weighted by Crippen LogP contribution is -2.07. The number of esters is 1. The zero-order chi connectivity index (χ0) is 15.1. The molecule has 0 aliphatic carbocycles. The number of carbonyl (C=O) groups is 1. The van der Waals surface area contributed by atoms with E-state index in [9.17, 15) is 4.79 Å². The van der Waals surface area contributed by atoms with Crippen molar-refractivity contribution < 1.29 is 13.9 Å². The summed E-state index contributed by atoms with van der Waals surface area (Å²) in [6.45, 7) is 2.10. The average molecular weight is 327 g/mol. The van der Waals surface area contributed by atoms with Gasteiger partial charge in [0.2, 0.25) is 11.8 Å². The highest BCUT2D eigenvalue weighted by atomic mass is 35.5. The number of nitrogens with zero attached hydrogens (tertiary/aromatic N) is 2. The van der Waals surface area contributed by atoms with E-state index in [0.29, 0.717) is 18.3 Å². The van der Waals surface area contributed by atoms with Gasteiger partial charge in [0.05, 0.1) is 12.4 Å². The Morgan fingerprint density at radius 1 is 1.24 bits per heavy atom. The standard InChI is InChI=1S/C14H15ClN2O3S/c1-2-19-14(18)7-12-16-17-13(20-12)9-21-8-10-3-5-11(15)6-4-10/h3-6H,2,7-9H2,1H3. The molecule has 1 heterocycles. The monoisotopic (exact) mass is 326 g/mol. The summed E-state index contributed by atoms with van der Waals surface area (Å²) >= 11 is 7.48. The molecule has 112 valence electrons. The molecule has 0 aliphatic heterocycles. The van der Waals surface area contributed by atoms with Crippen molar-refractivity contribution in [1.29, 1.82) is 0 Å². The molecule has 21 heavy (non-hydrogen) atoms. The van der Waals surface area contributed by atoms with E-state index >= 15 is 0 Å². The molecule has 1 aromatic heterocycles. The molecule has 2 aromatic rings. The first-order valence-corrected chi connectivity index (χ1v) is 7.99. The maximum atomic E-state index is 11.3. The number of ether oxygens (including phenoxy) is 1. The predicted octanol–water partition coefficient (Wildman–Crippen LogP) is 3.26. The Morgan fingerprint density at radius 2 is 1.95 bits per heavy atom. The van der Waals surface area contributed by atoms with Gasteiger partial charge in [-0.15, -0.1) is 22.0 Å². The van der Waals surface area contributed by atoms with Gasteiger partial charge in [-0.1, -0.05) is 23.7 Å². The molecule has 0 unspecified atom stereocenters. The van der Waals surface area contributed by atoms with Crippen molar-refractivity contribution >= 4 is 29.3 Å². The van der Waals surface area contributed by atoms with Gasteiger partial charge in [0, 0.05) is 10.8 Å². The largest absolute Gasteiger partial charge is 0.466 e. The molecule has 0 bridgehead atoms. The van der Waals surface area contributed by atoms with Crippen LogP contribution in [-0.4, -0.2) is 22.8 Å². The second kappa shape index (κ2) is 8.05. The molecular formula is C14H15ClN2O3S. The molecule has 2 rings (SSSR count). The highest BCUT2D eigenvalue weighted by Gasteiger charge is 2.11. The lowest BCUT2D eigenvalue weighted by Gasteiger charge is -1.99. The first-order valence-electron chi connectivity index (χ1n) is 6.46. The fourth-order valence-electron chi connectivity index (χ4n) is 1.59. The first kappa shape index (κ1) is 15.9. The summed E-state index contributed by atoms with van der Waals surface area (Å²) < 4.78 is 10.2. The molecule has 5 nitrogen and oxygen atoms in total. The van der Waals surface area contributed by atoms with Crippen LogP contribution in [0.1, 0.15) is 24.3 Å². The Morgan fingerprint density at radius 3 is 2.67 bits per heavy atom. The van der Waals surface area contributed by atoms with E-state index in [4.69, 9.17) is 20.8 Å². The topological polar surface area (TPSA) is 65.2 Å². The Kier molecular flexibility index (Phi) is 6.07. The molecular weight excluding hydrogens is 312 g/mol. The third-order valence-electron chi connectivity index (χ3n) is 2.52. The van der Waals surface area contributed by atoms with Crippen LogP contribution < -0.4 is 0 Å². The van der Waals surface area contributed by atoms with Crippen molar-refractivity contribution in [3.05, 3.63) is 46.6 Å². The third kappa shape index (κ3) is 5.40. The zero-order valence-corrected chi connectivity index (χ0v) is 13.1. The van der Waals surface area contributed by atoms with E-state index in [-0.39, 0.29) is 18.3 Å². The predicted molar refractivity (Wildman–Crippen MR) is 81.1 cm³/mol. The molecule has 7 heteroatoms. The lowest BCUT2D eigenvalue weighted by atomic mass is 10.2. The van der Waals surface area contributed by atoms with Crippen molar-refractivity contribution in [1.82, 2.24) is 10.2 Å². The fraction of sp³-hybridized carbons (Fsp3) is 0.357. The fourth-order valence-corrected chi connectivity index (χ4v) is 2.54. The highest BCUT2D eigenvalue weighted by Crippen LogP contribution is 2.19. The number of hydrogen-bond donors (Lipinski definition) is 0. The van der Waals surface area contributed by atoms with Gasteiger partial charge in [-0.25, -0.2) is 0 Å². The summed E-state index contributed by atoms with van der Waals surface area (Å²) in [5.74, 6) is 1.86. The number of rotatable bonds is 7. The van der Waals surface area contributed by atoms with E-state index in [0.717, 1.165) is 10.8 Å². The molecule has 1 aromatic carbocycles. The lowest BCUT2D eigenvalue weighted by molar-refractivity contribution is -0.142. The van der Waals surface area contributed by atoms with Crippen molar-refractivity contribution in [3.8, 4) is 0 Å². The third-order valence-corrected chi connectivity index (χ3v) is 3.76. The Labute approximate surface area is 132 Å². The van der Waals surface area contributed by atoms with Crippen LogP contribution in [0.4, 0.5) is 0 Å². The molecule has 0 amide bonds. The van der Waals surface area contributed by atoms with Crippen LogP contribution in [0.2, 0.25) is 5.02 Å². The summed E-state index contributed by atoms with van der Waals surface area (Å²) in [5.41, 5.74) is 1.18. The van der Waals surface area contributed by atoms with Gasteiger partial charge in [-0.05, 0) is 24.6 Å². The average Bonchev–Trinajstić information content (AvgIpc) is 2.89. The van der Waals surface area contributed by atoms with Gasteiger partial charge in [0.15, 0.2) is 0 Å². The van der Waals surface area contributed by atoms with E-state index in [1.807, 2.05) is 24.3 Å². The molecule has 0 N–H and O–H groups in total. The van der Waals surface area contributed by atoms with Gasteiger partial charge in [0.1, 0.15) is 6.42 Å². The van der Waals surface area contributed by atoms with Crippen molar-refractivity contribution in [3.63, 3.8) is 0 Å². The highest BCUT2D eigenvalue weighted by molar-refractivity contribution is 7.97. The van der Waals surface area contributed by atoms with Gasteiger partial charge in [-0.3, -0.25) is 4.79 Å². The Hall–Kier alpha value is -1.53. The molecule has 0 aliphatic rings. The molecule has 0 atom stereocenters. The minimum atomic E-state index is -0.360. The number of hydrogen-bond acceptors (Lipinski definition) is 6. The number of aromatic nitrogens is 2. The van der Waals surface area contributed by atoms with Gasteiger partial charge in [-0.2, -0.15) is 0 Å². The summed E-state index contributed by atoms with van der Waals surface area (Å²) in [6.07, 6.45) is 0.0166. The van der Waals surface area contributed by atoms with Crippen LogP contribution in [0.15, 0.2) is 28.7 Å². The number of halogens is 1. The summed E-state index contributed by atoms with van der Waals surface area (Å²) in [7, 11) is 0. The van der Waals surface area contributed by atoms with Crippen LogP contribution in [0.25, 0.3) is 0 Å².